The summed E-state index contributed by atoms with van der Waals surface area (Å²) < 4.78 is 5.59. The van der Waals surface area contributed by atoms with E-state index in [4.69, 9.17) is 4.42 Å². The van der Waals surface area contributed by atoms with Crippen LogP contribution < -0.4 is 4.90 Å². The van der Waals surface area contributed by atoms with Crippen molar-refractivity contribution in [1.29, 1.82) is 0 Å². The Hall–Kier alpha value is -3.00. The summed E-state index contributed by atoms with van der Waals surface area (Å²) >= 11 is 0. The van der Waals surface area contributed by atoms with Crippen LogP contribution >= 0.6 is 0 Å². The lowest BCUT2D eigenvalue weighted by Crippen LogP contribution is -2.09. The zero-order valence-electron chi connectivity index (χ0n) is 13.9. The summed E-state index contributed by atoms with van der Waals surface area (Å²) in [7, 11) is 0. The van der Waals surface area contributed by atoms with Crippen molar-refractivity contribution < 1.29 is 4.42 Å². The molecule has 0 N–H and O–H groups in total. The van der Waals surface area contributed by atoms with E-state index in [2.05, 4.69) is 85.5 Å². The minimum atomic E-state index is 0.900. The van der Waals surface area contributed by atoms with Gasteiger partial charge in [0.05, 0.1) is 6.26 Å². The van der Waals surface area contributed by atoms with Crippen molar-refractivity contribution in [2.45, 2.75) is 13.8 Å². The fraction of sp³-hybridized carbons (Fsp3) is 0.0909. The maximum atomic E-state index is 5.59. The lowest BCUT2D eigenvalue weighted by atomic mass is 10.1. The molecule has 0 atom stereocenters. The molecular formula is C22H19NO. The molecule has 118 valence electrons. The molecule has 0 unspecified atom stereocenters. The van der Waals surface area contributed by atoms with Gasteiger partial charge in [-0.2, -0.15) is 0 Å². The smallest absolute Gasteiger partial charge is 0.135 e. The predicted octanol–water partition coefficient (Wildman–Crippen LogP) is 6.52. The second kappa shape index (κ2) is 5.89. The Morgan fingerprint density at radius 3 is 1.75 bits per heavy atom. The minimum Gasteiger partial charge on any atom is -0.464 e. The van der Waals surface area contributed by atoms with Crippen LogP contribution in [0.25, 0.3) is 11.0 Å². The third kappa shape index (κ3) is 2.67. The van der Waals surface area contributed by atoms with Crippen LogP contribution in [0.5, 0.6) is 0 Å². The third-order valence-corrected chi connectivity index (χ3v) is 4.28. The fourth-order valence-electron chi connectivity index (χ4n) is 2.92. The van der Waals surface area contributed by atoms with Crippen LogP contribution in [-0.2, 0) is 0 Å². The highest BCUT2D eigenvalue weighted by molar-refractivity contribution is 5.85. The molecule has 0 amide bonds. The first-order valence-corrected chi connectivity index (χ1v) is 8.11. The van der Waals surface area contributed by atoms with E-state index in [-0.39, 0.29) is 0 Å². The molecule has 1 aromatic heterocycles. The molecule has 0 bridgehead atoms. The first-order valence-electron chi connectivity index (χ1n) is 8.11. The van der Waals surface area contributed by atoms with Gasteiger partial charge < -0.3 is 9.32 Å². The van der Waals surface area contributed by atoms with Gasteiger partial charge in [-0.3, -0.25) is 0 Å². The molecule has 24 heavy (non-hydrogen) atoms. The van der Waals surface area contributed by atoms with Crippen LogP contribution in [0.2, 0.25) is 0 Å². The number of nitrogens with zero attached hydrogens (tertiary/aromatic N) is 1. The van der Waals surface area contributed by atoms with Crippen LogP contribution in [0.4, 0.5) is 17.1 Å². The van der Waals surface area contributed by atoms with Gasteiger partial charge in [-0.25, -0.2) is 0 Å². The van der Waals surface area contributed by atoms with Crippen LogP contribution in [0.15, 0.2) is 83.5 Å². The zero-order valence-corrected chi connectivity index (χ0v) is 13.9. The normalized spacial score (nSPS) is 10.9. The monoisotopic (exact) mass is 313 g/mol. The van der Waals surface area contributed by atoms with E-state index < -0.39 is 0 Å². The SMILES string of the molecule is Cc1ccc(N(c2ccc(C)cc2)c2ccc3ccoc3c2)cc1. The third-order valence-electron chi connectivity index (χ3n) is 4.28. The summed E-state index contributed by atoms with van der Waals surface area (Å²) in [6, 6.07) is 25.5. The standard InChI is InChI=1S/C22H19NO/c1-16-3-8-19(9-4-16)23(20-10-5-17(2)6-11-20)21-12-7-18-13-14-24-22(18)15-21/h3-15H,1-2H3. The first kappa shape index (κ1) is 14.6. The Labute approximate surface area is 142 Å². The molecule has 2 nitrogen and oxygen atoms in total. The van der Waals surface area contributed by atoms with E-state index in [0.717, 1.165) is 28.0 Å². The molecule has 0 fully saturated rings. The average molecular weight is 313 g/mol. The highest BCUT2D eigenvalue weighted by atomic mass is 16.3. The quantitative estimate of drug-likeness (QED) is 0.428. The van der Waals surface area contributed by atoms with Crippen molar-refractivity contribution >= 4 is 28.0 Å². The molecule has 4 aromatic rings. The number of rotatable bonds is 3. The molecule has 1 heterocycles. The summed E-state index contributed by atoms with van der Waals surface area (Å²) in [5.41, 5.74) is 6.76. The maximum absolute atomic E-state index is 5.59. The number of aryl methyl sites for hydroxylation is 2. The molecule has 0 saturated carbocycles. The second-order valence-corrected chi connectivity index (χ2v) is 6.15. The van der Waals surface area contributed by atoms with Gasteiger partial charge >= 0.3 is 0 Å². The van der Waals surface area contributed by atoms with Gasteiger partial charge in [0.25, 0.3) is 0 Å². The largest absolute Gasteiger partial charge is 0.464 e. The Morgan fingerprint density at radius 2 is 1.17 bits per heavy atom. The van der Waals surface area contributed by atoms with Gasteiger partial charge in [-0.05, 0) is 56.3 Å². The highest BCUT2D eigenvalue weighted by Gasteiger charge is 2.13. The highest BCUT2D eigenvalue weighted by Crippen LogP contribution is 2.36. The van der Waals surface area contributed by atoms with Crippen LogP contribution in [0.1, 0.15) is 11.1 Å². The second-order valence-electron chi connectivity index (χ2n) is 6.15. The lowest BCUT2D eigenvalue weighted by Gasteiger charge is -2.25. The molecule has 4 rings (SSSR count). The number of anilines is 3. The molecule has 0 aliphatic heterocycles. The van der Waals surface area contributed by atoms with Crippen molar-refractivity contribution in [1.82, 2.24) is 0 Å². The average Bonchev–Trinajstić information content (AvgIpc) is 3.06. The number of benzene rings is 3. The number of fused-ring (bicyclic) bond motifs is 1. The van der Waals surface area contributed by atoms with Crippen molar-refractivity contribution in [3.63, 3.8) is 0 Å². The van der Waals surface area contributed by atoms with Crippen LogP contribution in [-0.4, -0.2) is 0 Å². The molecule has 0 spiro atoms. The lowest BCUT2D eigenvalue weighted by molar-refractivity contribution is 0.616. The van der Waals surface area contributed by atoms with E-state index >= 15 is 0 Å². The van der Waals surface area contributed by atoms with Crippen molar-refractivity contribution in [3.8, 4) is 0 Å². The van der Waals surface area contributed by atoms with E-state index in [1.54, 1.807) is 6.26 Å². The van der Waals surface area contributed by atoms with Gasteiger partial charge in [-0.15, -0.1) is 0 Å². The van der Waals surface area contributed by atoms with Crippen LogP contribution in [0.3, 0.4) is 0 Å². The Bertz CT molecular complexity index is 919. The van der Waals surface area contributed by atoms with Gasteiger partial charge in [0.2, 0.25) is 0 Å². The summed E-state index contributed by atoms with van der Waals surface area (Å²) in [5.74, 6) is 0. The Balaban J connectivity index is 1.88. The van der Waals surface area contributed by atoms with Gasteiger partial charge in [0, 0.05) is 28.5 Å². The Morgan fingerprint density at radius 1 is 0.625 bits per heavy atom. The van der Waals surface area contributed by atoms with Crippen molar-refractivity contribution in [3.05, 3.63) is 90.2 Å². The fourth-order valence-corrected chi connectivity index (χ4v) is 2.92. The van der Waals surface area contributed by atoms with E-state index in [9.17, 15) is 0 Å². The van der Waals surface area contributed by atoms with Crippen LogP contribution in [0, 0.1) is 13.8 Å². The molecule has 3 aromatic carbocycles. The van der Waals surface area contributed by atoms with Gasteiger partial charge in [0.15, 0.2) is 0 Å². The van der Waals surface area contributed by atoms with Crippen molar-refractivity contribution in [2.24, 2.45) is 0 Å². The zero-order chi connectivity index (χ0) is 16.5. The molecule has 0 aliphatic rings. The summed E-state index contributed by atoms with van der Waals surface area (Å²) in [5, 5.41) is 1.12. The van der Waals surface area contributed by atoms with E-state index in [1.165, 1.54) is 11.1 Å². The van der Waals surface area contributed by atoms with Gasteiger partial charge in [-0.1, -0.05) is 35.4 Å². The number of hydrogen-bond acceptors (Lipinski definition) is 2. The molecule has 0 aliphatic carbocycles. The summed E-state index contributed by atoms with van der Waals surface area (Å²) in [6.07, 6.45) is 1.73. The molecule has 0 radical (unpaired) electrons. The first-order chi connectivity index (χ1) is 11.7. The Kier molecular flexibility index (Phi) is 3.58. The minimum absolute atomic E-state index is 0.900. The van der Waals surface area contributed by atoms with E-state index in [1.807, 2.05) is 6.07 Å². The predicted molar refractivity (Wildman–Crippen MR) is 100 cm³/mol. The topological polar surface area (TPSA) is 16.4 Å². The van der Waals surface area contributed by atoms with E-state index in [0.29, 0.717) is 0 Å². The summed E-state index contributed by atoms with van der Waals surface area (Å²) in [4.78, 5) is 2.25. The van der Waals surface area contributed by atoms with Gasteiger partial charge in [0.1, 0.15) is 5.58 Å². The molecule has 2 heteroatoms. The molecular weight excluding hydrogens is 294 g/mol. The summed E-state index contributed by atoms with van der Waals surface area (Å²) in [6.45, 7) is 4.21. The molecule has 0 saturated heterocycles. The number of furan rings is 1. The maximum Gasteiger partial charge on any atom is 0.135 e. The van der Waals surface area contributed by atoms with Crippen molar-refractivity contribution in [2.75, 3.05) is 4.90 Å². The number of hydrogen-bond donors (Lipinski definition) is 0.